The van der Waals surface area contributed by atoms with Gasteiger partial charge in [0, 0.05) is 19.0 Å². The molecule has 0 aromatic heterocycles. The Balaban J connectivity index is 1.57. The smallest absolute Gasteiger partial charge is 0.303 e. The van der Waals surface area contributed by atoms with Gasteiger partial charge in [-0.2, -0.15) is 0 Å². The topological polar surface area (TPSA) is 78.4 Å². The molecule has 0 spiro atoms. The number of amides is 1. The first kappa shape index (κ1) is 15.3. The van der Waals surface area contributed by atoms with Gasteiger partial charge in [-0.1, -0.05) is 19.3 Å². The third-order valence-corrected chi connectivity index (χ3v) is 4.55. The zero-order chi connectivity index (χ0) is 14.4. The fourth-order valence-corrected chi connectivity index (χ4v) is 3.43. The quantitative estimate of drug-likeness (QED) is 0.621. The van der Waals surface area contributed by atoms with Gasteiger partial charge in [-0.15, -0.1) is 0 Å². The van der Waals surface area contributed by atoms with Crippen LogP contribution in [0.2, 0.25) is 0 Å². The Kier molecular flexibility index (Phi) is 5.83. The summed E-state index contributed by atoms with van der Waals surface area (Å²) in [6.07, 6.45) is 8.68. The van der Waals surface area contributed by atoms with E-state index in [1.165, 1.54) is 25.7 Å². The van der Waals surface area contributed by atoms with Gasteiger partial charge in [0.2, 0.25) is 5.91 Å². The van der Waals surface area contributed by atoms with E-state index in [0.717, 1.165) is 19.3 Å². The van der Waals surface area contributed by atoms with Crippen molar-refractivity contribution in [3.63, 3.8) is 0 Å². The summed E-state index contributed by atoms with van der Waals surface area (Å²) in [5.41, 5.74) is 0. The molecule has 0 radical (unpaired) electrons. The summed E-state index contributed by atoms with van der Waals surface area (Å²) >= 11 is 0. The van der Waals surface area contributed by atoms with Crippen molar-refractivity contribution in [3.05, 3.63) is 0 Å². The maximum Gasteiger partial charge on any atom is 0.303 e. The summed E-state index contributed by atoms with van der Waals surface area (Å²) in [6, 6.07) is 0.539. The molecule has 5 nitrogen and oxygen atoms in total. The number of hydrogen-bond donors (Lipinski definition) is 3. The van der Waals surface area contributed by atoms with Crippen molar-refractivity contribution in [2.75, 3.05) is 6.54 Å². The van der Waals surface area contributed by atoms with Crippen LogP contribution in [0, 0.1) is 5.92 Å². The molecule has 2 aliphatic rings. The molecule has 0 aromatic rings. The first-order valence-electron chi connectivity index (χ1n) is 7.92. The Morgan fingerprint density at radius 2 is 1.95 bits per heavy atom. The monoisotopic (exact) mass is 282 g/mol. The molecule has 3 N–H and O–H groups in total. The van der Waals surface area contributed by atoms with Gasteiger partial charge >= 0.3 is 5.97 Å². The van der Waals surface area contributed by atoms with E-state index in [0.29, 0.717) is 24.9 Å². The number of nitrogens with one attached hydrogen (secondary N) is 2. The minimum absolute atomic E-state index is 0.0119. The molecule has 5 heteroatoms. The number of unbranched alkanes of at least 4 members (excludes halogenated alkanes) is 2. The summed E-state index contributed by atoms with van der Waals surface area (Å²) in [4.78, 5) is 22.4. The highest BCUT2D eigenvalue weighted by Gasteiger charge is 2.37. The van der Waals surface area contributed by atoms with E-state index in [9.17, 15) is 9.59 Å². The number of fused-ring (bicyclic) bond motifs is 1. The van der Waals surface area contributed by atoms with Gasteiger partial charge < -0.3 is 15.7 Å². The first-order valence-corrected chi connectivity index (χ1v) is 7.92. The molecule has 114 valence electrons. The average molecular weight is 282 g/mol. The molecule has 3 unspecified atom stereocenters. The Labute approximate surface area is 120 Å². The van der Waals surface area contributed by atoms with Crippen LogP contribution in [-0.4, -0.2) is 35.6 Å². The molecule has 0 aromatic carbocycles. The molecule has 1 heterocycles. The minimum atomic E-state index is -0.744. The van der Waals surface area contributed by atoms with Crippen molar-refractivity contribution in [1.29, 1.82) is 0 Å². The lowest BCUT2D eigenvalue weighted by atomic mass is 9.85. The van der Waals surface area contributed by atoms with E-state index in [-0.39, 0.29) is 18.4 Å². The molecule has 3 atom stereocenters. The molecule has 2 fully saturated rings. The predicted molar refractivity (Wildman–Crippen MR) is 76.4 cm³/mol. The van der Waals surface area contributed by atoms with Crippen molar-refractivity contribution >= 4 is 11.9 Å². The standard InChI is InChI=1S/C15H26N2O3/c18-14(19)8-2-1-5-9-16-15(20)13-10-11-6-3-4-7-12(11)17-13/h11-13,17H,1-10H2,(H,16,20)(H,18,19). The molecule has 1 saturated heterocycles. The second kappa shape index (κ2) is 7.62. The summed E-state index contributed by atoms with van der Waals surface area (Å²) in [5, 5.41) is 15.0. The summed E-state index contributed by atoms with van der Waals surface area (Å²) < 4.78 is 0. The van der Waals surface area contributed by atoms with Crippen molar-refractivity contribution < 1.29 is 14.7 Å². The molecular weight excluding hydrogens is 256 g/mol. The number of aliphatic carboxylic acids is 1. The largest absolute Gasteiger partial charge is 0.481 e. The molecular formula is C15H26N2O3. The van der Waals surface area contributed by atoms with Crippen molar-refractivity contribution in [2.24, 2.45) is 5.92 Å². The second-order valence-electron chi connectivity index (χ2n) is 6.10. The fourth-order valence-electron chi connectivity index (χ4n) is 3.43. The van der Waals surface area contributed by atoms with E-state index in [4.69, 9.17) is 5.11 Å². The van der Waals surface area contributed by atoms with Crippen LogP contribution in [0.3, 0.4) is 0 Å². The maximum atomic E-state index is 12.1. The molecule has 0 bridgehead atoms. The number of carboxylic acids is 1. The molecule has 1 aliphatic carbocycles. The van der Waals surface area contributed by atoms with Gasteiger partial charge in [0.15, 0.2) is 0 Å². The van der Waals surface area contributed by atoms with Crippen molar-refractivity contribution in [2.45, 2.75) is 69.9 Å². The molecule has 1 amide bonds. The number of rotatable bonds is 7. The fraction of sp³-hybridized carbons (Fsp3) is 0.867. The zero-order valence-electron chi connectivity index (χ0n) is 12.1. The summed E-state index contributed by atoms with van der Waals surface area (Å²) in [5.74, 6) is 0.0690. The Morgan fingerprint density at radius 1 is 1.15 bits per heavy atom. The molecule has 2 rings (SSSR count). The number of carboxylic acid groups (broad SMARTS) is 1. The van der Waals surface area contributed by atoms with Crippen LogP contribution in [0.4, 0.5) is 0 Å². The lowest BCUT2D eigenvalue weighted by Crippen LogP contribution is -2.43. The van der Waals surface area contributed by atoms with E-state index in [1.54, 1.807) is 0 Å². The summed E-state index contributed by atoms with van der Waals surface area (Å²) in [6.45, 7) is 0.659. The molecule has 1 aliphatic heterocycles. The predicted octanol–water partition coefficient (Wildman–Crippen LogP) is 1.67. The third-order valence-electron chi connectivity index (χ3n) is 4.55. The van der Waals surface area contributed by atoms with Crippen molar-refractivity contribution in [3.8, 4) is 0 Å². The highest BCUT2D eigenvalue weighted by atomic mass is 16.4. The highest BCUT2D eigenvalue weighted by Crippen LogP contribution is 2.33. The zero-order valence-corrected chi connectivity index (χ0v) is 12.1. The van der Waals surface area contributed by atoms with E-state index in [2.05, 4.69) is 10.6 Å². The van der Waals surface area contributed by atoms with Crippen LogP contribution < -0.4 is 10.6 Å². The van der Waals surface area contributed by atoms with Gasteiger partial charge in [0.1, 0.15) is 0 Å². The van der Waals surface area contributed by atoms with Crippen LogP contribution in [0.25, 0.3) is 0 Å². The van der Waals surface area contributed by atoms with Crippen LogP contribution in [0.5, 0.6) is 0 Å². The normalized spacial score (nSPS) is 28.9. The molecule has 20 heavy (non-hydrogen) atoms. The number of carbonyl (C=O) groups excluding carboxylic acids is 1. The van der Waals surface area contributed by atoms with Crippen molar-refractivity contribution in [1.82, 2.24) is 10.6 Å². The Hall–Kier alpha value is -1.10. The van der Waals surface area contributed by atoms with Gasteiger partial charge in [-0.05, 0) is 38.0 Å². The summed E-state index contributed by atoms with van der Waals surface area (Å²) in [7, 11) is 0. The van der Waals surface area contributed by atoms with E-state index in [1.807, 2.05) is 0 Å². The first-order chi connectivity index (χ1) is 9.66. The lowest BCUT2D eigenvalue weighted by molar-refractivity contribution is -0.137. The van der Waals surface area contributed by atoms with Crippen LogP contribution >= 0.6 is 0 Å². The second-order valence-corrected chi connectivity index (χ2v) is 6.10. The van der Waals surface area contributed by atoms with Crippen LogP contribution in [0.15, 0.2) is 0 Å². The van der Waals surface area contributed by atoms with Crippen LogP contribution in [0.1, 0.15) is 57.8 Å². The van der Waals surface area contributed by atoms with Crippen LogP contribution in [-0.2, 0) is 9.59 Å². The number of carbonyl (C=O) groups is 2. The van der Waals surface area contributed by atoms with Gasteiger partial charge in [-0.3, -0.25) is 9.59 Å². The van der Waals surface area contributed by atoms with E-state index < -0.39 is 5.97 Å². The highest BCUT2D eigenvalue weighted by molar-refractivity contribution is 5.82. The minimum Gasteiger partial charge on any atom is -0.481 e. The van der Waals surface area contributed by atoms with Gasteiger partial charge in [0.25, 0.3) is 0 Å². The lowest BCUT2D eigenvalue weighted by Gasteiger charge is -2.24. The molecule has 1 saturated carbocycles. The SMILES string of the molecule is O=C(O)CCCCCNC(=O)C1CC2CCCCC2N1. The maximum absolute atomic E-state index is 12.1. The third kappa shape index (κ3) is 4.47. The Morgan fingerprint density at radius 3 is 2.70 bits per heavy atom. The average Bonchev–Trinajstić information content (AvgIpc) is 2.86. The van der Waals surface area contributed by atoms with E-state index >= 15 is 0 Å². The number of hydrogen-bond acceptors (Lipinski definition) is 3. The van der Waals surface area contributed by atoms with Gasteiger partial charge in [0.05, 0.1) is 6.04 Å². The Bertz CT molecular complexity index is 332. The van der Waals surface area contributed by atoms with Gasteiger partial charge in [-0.25, -0.2) is 0 Å².